The number of amides is 3. The van der Waals surface area contributed by atoms with Crippen molar-refractivity contribution in [1.82, 2.24) is 9.55 Å². The van der Waals surface area contributed by atoms with Gasteiger partial charge in [-0.05, 0) is 60.2 Å². The van der Waals surface area contributed by atoms with Crippen molar-refractivity contribution in [1.29, 1.82) is 0 Å². The van der Waals surface area contributed by atoms with Crippen molar-refractivity contribution < 1.29 is 18.8 Å². The summed E-state index contributed by atoms with van der Waals surface area (Å²) in [6.45, 7) is -0.301. The number of imide groups is 1. The Bertz CT molecular complexity index is 1660. The Balaban J connectivity index is 1.39. The molecule has 4 aromatic rings. The highest BCUT2D eigenvalue weighted by Gasteiger charge is 2.56. The van der Waals surface area contributed by atoms with Crippen molar-refractivity contribution in [3.8, 4) is 0 Å². The summed E-state index contributed by atoms with van der Waals surface area (Å²) in [5, 5.41) is 2.35. The van der Waals surface area contributed by atoms with Crippen LogP contribution in [0.25, 0.3) is 0 Å². The maximum absolute atomic E-state index is 13.8. The van der Waals surface area contributed by atoms with Crippen LogP contribution in [0.15, 0.2) is 87.4 Å². The van der Waals surface area contributed by atoms with Gasteiger partial charge in [0.25, 0.3) is 0 Å². The molecule has 2 aromatic heterocycles. The number of thioether (sulfide) groups is 1. The Morgan fingerprint density at radius 2 is 1.77 bits per heavy atom. The molecule has 0 spiro atoms. The molecule has 2 aliphatic rings. The van der Waals surface area contributed by atoms with Crippen LogP contribution in [0.4, 0.5) is 15.8 Å². The zero-order valence-corrected chi connectivity index (χ0v) is 23.1. The molecule has 2 aromatic carbocycles. The number of carbonyl (C=O) groups excluding carboxylic acids is 3. The third-order valence-corrected chi connectivity index (χ3v) is 9.74. The quantitative estimate of drug-likeness (QED) is 0.325. The van der Waals surface area contributed by atoms with Crippen molar-refractivity contribution in [3.63, 3.8) is 0 Å². The molecule has 196 valence electrons. The Kier molecular flexibility index (Phi) is 6.69. The van der Waals surface area contributed by atoms with Crippen LogP contribution in [0.2, 0.25) is 0 Å². The minimum Gasteiger partial charge on any atom is -0.325 e. The van der Waals surface area contributed by atoms with Crippen molar-refractivity contribution in [2.75, 3.05) is 10.2 Å². The summed E-state index contributed by atoms with van der Waals surface area (Å²) in [5.41, 5.74) is 1.56. The van der Waals surface area contributed by atoms with E-state index in [-0.39, 0.29) is 23.2 Å². The number of rotatable bonds is 5. The molecule has 8 nitrogen and oxygen atoms in total. The second-order valence-electron chi connectivity index (χ2n) is 9.00. The number of aromatic nitrogens is 2. The highest BCUT2D eigenvalue weighted by Crippen LogP contribution is 2.53. The molecule has 1 saturated heterocycles. The molecule has 4 heterocycles. The fraction of sp³-hybridized carbons (Fsp3) is 0.148. The smallest absolute Gasteiger partial charge is 0.308 e. The molecule has 0 aliphatic carbocycles. The van der Waals surface area contributed by atoms with E-state index in [4.69, 9.17) is 0 Å². The Morgan fingerprint density at radius 3 is 2.46 bits per heavy atom. The predicted octanol–water partition coefficient (Wildman–Crippen LogP) is 4.64. The minimum atomic E-state index is -0.792. The van der Waals surface area contributed by atoms with Crippen LogP contribution in [0.3, 0.4) is 0 Å². The van der Waals surface area contributed by atoms with E-state index in [9.17, 15) is 23.6 Å². The number of pyridine rings is 1. The van der Waals surface area contributed by atoms with Gasteiger partial charge in [0.2, 0.25) is 17.7 Å². The van der Waals surface area contributed by atoms with Gasteiger partial charge in [0.05, 0.1) is 16.6 Å². The average Bonchev–Trinajstić information content (AvgIpc) is 3.37. The second-order valence-corrected chi connectivity index (χ2v) is 12.0. The largest absolute Gasteiger partial charge is 0.325 e. The minimum absolute atomic E-state index is 0.301. The first-order valence-electron chi connectivity index (χ1n) is 11.8. The second kappa shape index (κ2) is 10.2. The number of fused-ring (bicyclic) bond motifs is 2. The first-order valence-corrected chi connectivity index (χ1v) is 14.3. The van der Waals surface area contributed by atoms with Crippen LogP contribution in [-0.4, -0.2) is 32.5 Å². The molecule has 1 fully saturated rings. The molecule has 12 heteroatoms. The molecule has 3 amide bonds. The number of hydrogen-bond donors (Lipinski definition) is 1. The monoisotopic (exact) mass is 624 g/mol. The van der Waals surface area contributed by atoms with Crippen molar-refractivity contribution in [3.05, 3.63) is 103 Å². The van der Waals surface area contributed by atoms with E-state index in [1.807, 2.05) is 6.07 Å². The lowest BCUT2D eigenvalue weighted by Crippen LogP contribution is -2.33. The predicted molar refractivity (Wildman–Crippen MR) is 149 cm³/mol. The molecule has 3 atom stereocenters. The first-order chi connectivity index (χ1) is 18.8. The maximum atomic E-state index is 13.8. The van der Waals surface area contributed by atoms with Gasteiger partial charge < -0.3 is 5.32 Å². The summed E-state index contributed by atoms with van der Waals surface area (Å²) >= 11 is 5.48. The SMILES string of the molecule is O=C(Cn1c2c(sc1=O)C(c1cccnc1)C1C(=O)N(c3ccc(Br)cc3)C(=O)C1S2)Nc1ccc(F)cc1. The lowest BCUT2D eigenvalue weighted by Gasteiger charge is -2.30. The molecular formula is C27H18BrFN4O4S2. The van der Waals surface area contributed by atoms with Crippen LogP contribution in [-0.2, 0) is 20.9 Å². The van der Waals surface area contributed by atoms with Gasteiger partial charge in [-0.1, -0.05) is 45.1 Å². The summed E-state index contributed by atoms with van der Waals surface area (Å²) < 4.78 is 15.4. The van der Waals surface area contributed by atoms with Crippen LogP contribution in [0, 0.1) is 11.7 Å². The summed E-state index contributed by atoms with van der Waals surface area (Å²) in [4.78, 5) is 59.2. The van der Waals surface area contributed by atoms with Crippen molar-refractivity contribution in [2.45, 2.75) is 22.7 Å². The number of halogens is 2. The van der Waals surface area contributed by atoms with Crippen LogP contribution in [0.5, 0.6) is 0 Å². The maximum Gasteiger partial charge on any atom is 0.308 e. The Hall–Kier alpha value is -3.61. The first kappa shape index (κ1) is 25.7. The van der Waals surface area contributed by atoms with E-state index in [0.717, 1.165) is 27.6 Å². The number of benzene rings is 2. The van der Waals surface area contributed by atoms with E-state index in [1.165, 1.54) is 33.7 Å². The van der Waals surface area contributed by atoms with Crippen LogP contribution in [0.1, 0.15) is 16.4 Å². The number of nitrogens with one attached hydrogen (secondary N) is 1. The lowest BCUT2D eigenvalue weighted by atomic mass is 9.84. The highest BCUT2D eigenvalue weighted by molar-refractivity contribution is 9.10. The van der Waals surface area contributed by atoms with E-state index in [0.29, 0.717) is 26.8 Å². The van der Waals surface area contributed by atoms with Gasteiger partial charge in [0.1, 0.15) is 17.6 Å². The van der Waals surface area contributed by atoms with E-state index in [1.54, 1.807) is 42.7 Å². The van der Waals surface area contributed by atoms with Crippen LogP contribution < -0.4 is 15.1 Å². The number of thiazole rings is 1. The topological polar surface area (TPSA) is 101 Å². The molecule has 1 N–H and O–H groups in total. The van der Waals surface area contributed by atoms with Gasteiger partial charge in [-0.15, -0.1) is 0 Å². The number of anilines is 2. The molecule has 0 saturated carbocycles. The van der Waals surface area contributed by atoms with Crippen LogP contribution >= 0.6 is 39.0 Å². The number of hydrogen-bond acceptors (Lipinski definition) is 7. The zero-order chi connectivity index (χ0) is 27.3. The molecular weight excluding hydrogens is 607 g/mol. The lowest BCUT2D eigenvalue weighted by molar-refractivity contribution is -0.122. The summed E-state index contributed by atoms with van der Waals surface area (Å²) in [6.07, 6.45) is 3.25. The normalized spacial score (nSPS) is 20.1. The van der Waals surface area contributed by atoms with Gasteiger partial charge in [0, 0.05) is 33.3 Å². The highest BCUT2D eigenvalue weighted by atomic mass is 79.9. The van der Waals surface area contributed by atoms with E-state index < -0.39 is 28.8 Å². The van der Waals surface area contributed by atoms with E-state index in [2.05, 4.69) is 26.2 Å². The third-order valence-electron chi connectivity index (χ3n) is 6.61. The third kappa shape index (κ3) is 4.62. The van der Waals surface area contributed by atoms with Gasteiger partial charge in [-0.2, -0.15) is 0 Å². The van der Waals surface area contributed by atoms with Gasteiger partial charge >= 0.3 is 4.87 Å². The fourth-order valence-electron chi connectivity index (χ4n) is 4.90. The number of carbonyl (C=O) groups is 3. The van der Waals surface area contributed by atoms with Gasteiger partial charge in [-0.25, -0.2) is 9.29 Å². The van der Waals surface area contributed by atoms with E-state index >= 15 is 0 Å². The summed E-state index contributed by atoms with van der Waals surface area (Å²) in [5.74, 6) is -2.97. The van der Waals surface area contributed by atoms with Gasteiger partial charge in [0.15, 0.2) is 0 Å². The zero-order valence-electron chi connectivity index (χ0n) is 19.9. The van der Waals surface area contributed by atoms with Gasteiger partial charge in [-0.3, -0.25) is 28.7 Å². The number of nitrogens with zero attached hydrogens (tertiary/aromatic N) is 3. The summed E-state index contributed by atoms with van der Waals surface area (Å²) in [7, 11) is 0. The molecule has 6 rings (SSSR count). The fourth-order valence-corrected chi connectivity index (χ4v) is 7.93. The molecule has 3 unspecified atom stereocenters. The Labute approximate surface area is 238 Å². The molecule has 39 heavy (non-hydrogen) atoms. The Morgan fingerprint density at radius 1 is 1.03 bits per heavy atom. The standard InChI is InChI=1S/C27H18BrFN4O4S2/c28-15-3-9-18(10-4-15)33-24(35)21-20(14-2-1-11-30-12-14)23-26(38-22(21)25(33)36)32(27(37)39-23)13-19(34)31-17-7-5-16(29)6-8-17/h1-12,20-22H,13H2,(H,31,34). The molecule has 2 aliphatic heterocycles. The molecule has 0 bridgehead atoms. The van der Waals surface area contributed by atoms with Crippen molar-refractivity contribution >= 4 is 68.1 Å². The molecule has 0 radical (unpaired) electrons. The van der Waals surface area contributed by atoms with Crippen molar-refractivity contribution in [2.24, 2.45) is 5.92 Å². The average molecular weight is 626 g/mol. The summed E-state index contributed by atoms with van der Waals surface area (Å²) in [6, 6.07) is 15.8.